The fourth-order valence-corrected chi connectivity index (χ4v) is 3.52. The Hall–Kier alpha value is -3.30. The Labute approximate surface area is 161 Å². The van der Waals surface area contributed by atoms with Crippen molar-refractivity contribution in [3.8, 4) is 11.8 Å². The zero-order chi connectivity index (χ0) is 21.7. The van der Waals surface area contributed by atoms with Crippen molar-refractivity contribution >= 4 is 21.9 Å². The number of hydrogen-bond acceptors (Lipinski definition) is 4. The fourth-order valence-electron chi connectivity index (χ4n) is 3.52. The van der Waals surface area contributed by atoms with Crippen molar-refractivity contribution in [2.75, 3.05) is 14.1 Å². The lowest BCUT2D eigenvalue weighted by Crippen LogP contribution is -2.28. The molecule has 0 radical (unpaired) electrons. The van der Waals surface area contributed by atoms with E-state index in [4.69, 9.17) is 13.6 Å². The Morgan fingerprint density at radius 3 is 2.89 bits per heavy atom. The molecule has 0 fully saturated rings. The molecular formula is C21H20N4O2. The maximum atomic E-state index is 9.18. The predicted molar refractivity (Wildman–Crippen MR) is 104 cm³/mol. The molecule has 0 aliphatic carbocycles. The molecule has 0 amide bonds. The van der Waals surface area contributed by atoms with Crippen molar-refractivity contribution in [3.63, 3.8) is 0 Å². The van der Waals surface area contributed by atoms with Crippen molar-refractivity contribution in [2.24, 2.45) is 7.05 Å². The highest BCUT2D eigenvalue weighted by atomic mass is 16.5. The van der Waals surface area contributed by atoms with Crippen molar-refractivity contribution in [3.05, 3.63) is 59.5 Å². The first-order valence-electron chi connectivity index (χ1n) is 9.89. The van der Waals surface area contributed by atoms with E-state index in [9.17, 15) is 5.26 Å². The third kappa shape index (κ3) is 2.47. The predicted octanol–water partition coefficient (Wildman–Crippen LogP) is 3.84. The minimum atomic E-state index is -2.70. The molecule has 0 aliphatic rings. The Morgan fingerprint density at radius 1 is 1.30 bits per heavy atom. The Kier molecular flexibility index (Phi) is 3.15. The lowest BCUT2D eigenvalue weighted by atomic mass is 9.90. The number of aryl methyl sites for hydroxylation is 1. The first-order valence-corrected chi connectivity index (χ1v) is 8.39. The lowest BCUT2D eigenvalue weighted by Gasteiger charge is -2.29. The van der Waals surface area contributed by atoms with Crippen LogP contribution in [0.4, 0.5) is 0 Å². The molecule has 1 N–H and O–H groups in total. The van der Waals surface area contributed by atoms with Gasteiger partial charge in [-0.3, -0.25) is 0 Å². The number of methoxy groups -OCH3 is 2. The van der Waals surface area contributed by atoms with Gasteiger partial charge in [0.15, 0.2) is 5.60 Å². The molecule has 6 nitrogen and oxygen atoms in total. The summed E-state index contributed by atoms with van der Waals surface area (Å²) in [6.07, 6.45) is 1.89. The van der Waals surface area contributed by atoms with Crippen LogP contribution in [0.2, 0.25) is 0 Å². The number of hydrogen-bond donors (Lipinski definition) is 1. The van der Waals surface area contributed by atoms with Crippen LogP contribution in [0.5, 0.6) is 5.75 Å². The van der Waals surface area contributed by atoms with E-state index in [0.717, 1.165) is 10.9 Å². The summed E-state index contributed by atoms with van der Waals surface area (Å²) in [4.78, 5) is 7.76. The van der Waals surface area contributed by atoms with Crippen molar-refractivity contribution in [2.45, 2.75) is 12.5 Å². The van der Waals surface area contributed by atoms with Gasteiger partial charge in [-0.15, -0.1) is 0 Å². The lowest BCUT2D eigenvalue weighted by molar-refractivity contribution is 0.0316. The van der Waals surface area contributed by atoms with Crippen LogP contribution in [0.1, 0.15) is 28.0 Å². The summed E-state index contributed by atoms with van der Waals surface area (Å²) in [5.74, 6) is 0.789. The second kappa shape index (κ2) is 6.15. The Morgan fingerprint density at radius 2 is 2.15 bits per heavy atom. The molecule has 0 saturated carbocycles. The average molecular weight is 363 g/mol. The maximum absolute atomic E-state index is 9.18. The van der Waals surface area contributed by atoms with Gasteiger partial charge in [-0.25, -0.2) is 4.98 Å². The second-order valence-electron chi connectivity index (χ2n) is 6.57. The third-order valence-electron chi connectivity index (χ3n) is 4.99. The van der Waals surface area contributed by atoms with Gasteiger partial charge in [-0.2, -0.15) is 5.26 Å². The summed E-state index contributed by atoms with van der Waals surface area (Å²) in [7, 11) is 0.736. The van der Waals surface area contributed by atoms with E-state index < -0.39 is 12.6 Å². The standard InChI is InChI=1S/C21H20N4O2/c1-21(27-4,20-23-15-6-5-13(12-22)11-16(15)24-20)19-14-9-10-25(2)17(14)7-8-18(19)26-3/h5-11H,1-4H3,(H,23,24)/i4D3. The number of rotatable bonds is 4. The highest BCUT2D eigenvalue weighted by Crippen LogP contribution is 2.42. The van der Waals surface area contributed by atoms with Crippen LogP contribution in [-0.2, 0) is 17.4 Å². The quantitative estimate of drug-likeness (QED) is 0.598. The number of fused-ring (bicyclic) bond motifs is 2. The molecule has 6 heteroatoms. The van der Waals surface area contributed by atoms with Crippen molar-refractivity contribution in [1.82, 2.24) is 14.5 Å². The molecule has 0 bridgehead atoms. The van der Waals surface area contributed by atoms with Gasteiger partial charge in [-0.05, 0) is 43.3 Å². The average Bonchev–Trinajstić information content (AvgIpc) is 3.29. The molecule has 0 saturated heterocycles. The van der Waals surface area contributed by atoms with E-state index in [0.29, 0.717) is 33.7 Å². The summed E-state index contributed by atoms with van der Waals surface area (Å²) >= 11 is 0. The molecule has 2 aromatic carbocycles. The van der Waals surface area contributed by atoms with Crippen LogP contribution in [0, 0.1) is 11.3 Å². The first-order chi connectivity index (χ1) is 14.2. The summed E-state index contributed by atoms with van der Waals surface area (Å²) in [5.41, 5.74) is 1.66. The molecule has 2 heterocycles. The van der Waals surface area contributed by atoms with Crippen molar-refractivity contribution in [1.29, 1.82) is 5.26 Å². The summed E-state index contributed by atoms with van der Waals surface area (Å²) in [6.45, 7) is 1.66. The molecule has 2 aromatic heterocycles. The highest BCUT2D eigenvalue weighted by molar-refractivity contribution is 5.88. The molecule has 4 rings (SSSR count). The maximum Gasteiger partial charge on any atom is 0.151 e. The molecule has 1 unspecified atom stereocenters. The number of nitriles is 1. The van der Waals surface area contributed by atoms with Gasteiger partial charge in [0.1, 0.15) is 11.6 Å². The van der Waals surface area contributed by atoms with Gasteiger partial charge in [0.2, 0.25) is 0 Å². The van der Waals surface area contributed by atoms with Gasteiger partial charge in [0.25, 0.3) is 0 Å². The number of nitrogens with zero attached hydrogens (tertiary/aromatic N) is 3. The number of benzene rings is 2. The largest absolute Gasteiger partial charge is 0.496 e. The van der Waals surface area contributed by atoms with Gasteiger partial charge in [-0.1, -0.05) is 0 Å². The van der Waals surface area contributed by atoms with Crippen LogP contribution in [-0.4, -0.2) is 28.7 Å². The monoisotopic (exact) mass is 363 g/mol. The zero-order valence-corrected chi connectivity index (χ0v) is 15.2. The molecule has 27 heavy (non-hydrogen) atoms. The number of H-pyrrole nitrogens is 1. The molecule has 0 spiro atoms. The van der Waals surface area contributed by atoms with Crippen LogP contribution in [0.25, 0.3) is 21.9 Å². The van der Waals surface area contributed by atoms with Crippen LogP contribution >= 0.6 is 0 Å². The molecule has 4 aromatic rings. The zero-order valence-electron chi connectivity index (χ0n) is 18.2. The molecule has 0 aliphatic heterocycles. The summed E-state index contributed by atoms with van der Waals surface area (Å²) < 4.78 is 36.6. The highest BCUT2D eigenvalue weighted by Gasteiger charge is 2.37. The number of nitrogens with one attached hydrogen (secondary N) is 1. The second-order valence-corrected chi connectivity index (χ2v) is 6.57. The minimum Gasteiger partial charge on any atom is -0.496 e. The first kappa shape index (κ1) is 13.8. The van der Waals surface area contributed by atoms with Crippen LogP contribution < -0.4 is 4.74 Å². The third-order valence-corrected chi connectivity index (χ3v) is 4.99. The minimum absolute atomic E-state index is 0.304. The van der Waals surface area contributed by atoms with Gasteiger partial charge < -0.3 is 19.0 Å². The molecule has 1 atom stereocenters. The van der Waals surface area contributed by atoms with Gasteiger partial charge in [0, 0.05) is 36.7 Å². The number of aromatic nitrogens is 3. The smallest absolute Gasteiger partial charge is 0.151 e. The summed E-state index contributed by atoms with van der Waals surface area (Å²) in [5, 5.41) is 9.97. The summed E-state index contributed by atoms with van der Waals surface area (Å²) in [6, 6.07) is 12.7. The molecule has 136 valence electrons. The van der Waals surface area contributed by atoms with Gasteiger partial charge in [0.05, 0.1) is 33.9 Å². The number of imidazole rings is 1. The van der Waals surface area contributed by atoms with E-state index >= 15 is 0 Å². The number of aromatic amines is 1. The SMILES string of the molecule is [2H]C([2H])([2H])OC(C)(c1nc2ccc(C#N)cc2[nH]1)c1c(OC)ccc2c1ccn2C. The van der Waals surface area contributed by atoms with E-state index in [-0.39, 0.29) is 0 Å². The van der Waals surface area contributed by atoms with E-state index in [2.05, 4.69) is 16.0 Å². The fraction of sp³-hybridized carbons (Fsp3) is 0.238. The van der Waals surface area contributed by atoms with Gasteiger partial charge >= 0.3 is 0 Å². The van der Waals surface area contributed by atoms with E-state index in [1.54, 1.807) is 31.2 Å². The number of ether oxygens (including phenoxy) is 2. The van der Waals surface area contributed by atoms with Crippen LogP contribution in [0.3, 0.4) is 0 Å². The van der Waals surface area contributed by atoms with Crippen molar-refractivity contribution < 1.29 is 13.6 Å². The van der Waals surface area contributed by atoms with E-state index in [1.165, 1.54) is 7.11 Å². The topological polar surface area (TPSA) is 75.9 Å². The van der Waals surface area contributed by atoms with E-state index in [1.807, 2.05) is 29.9 Å². The normalized spacial score (nSPS) is 15.7. The Balaban J connectivity index is 2.04. The Bertz CT molecular complexity index is 1300. The molecular weight excluding hydrogens is 340 g/mol. The van der Waals surface area contributed by atoms with Crippen LogP contribution in [0.15, 0.2) is 42.6 Å².